The second kappa shape index (κ2) is 8.19. The van der Waals surface area contributed by atoms with Gasteiger partial charge in [-0.05, 0) is 43.3 Å². The number of oxazole rings is 1. The lowest BCUT2D eigenvalue weighted by molar-refractivity contribution is -0.120. The summed E-state index contributed by atoms with van der Waals surface area (Å²) < 4.78 is 11.1. The van der Waals surface area contributed by atoms with Gasteiger partial charge in [-0.2, -0.15) is 0 Å². The summed E-state index contributed by atoms with van der Waals surface area (Å²) in [5.41, 5.74) is 2.94. The number of aryl methyl sites for hydroxylation is 2. The molecule has 0 spiro atoms. The molecule has 1 N–H and O–H groups in total. The van der Waals surface area contributed by atoms with Crippen molar-refractivity contribution in [2.24, 2.45) is 0 Å². The van der Waals surface area contributed by atoms with E-state index in [1.807, 2.05) is 43.5 Å². The predicted octanol–water partition coefficient (Wildman–Crippen LogP) is 3.93. The zero-order chi connectivity index (χ0) is 18.5. The highest BCUT2D eigenvalue weighted by Crippen LogP contribution is 2.26. The van der Waals surface area contributed by atoms with Gasteiger partial charge in [0.25, 0.3) is 0 Å². The first-order chi connectivity index (χ1) is 12.6. The highest BCUT2D eigenvalue weighted by molar-refractivity contribution is 7.13. The molecular formula is C20H22N2O3S. The first kappa shape index (κ1) is 18.2. The molecule has 2 heterocycles. The van der Waals surface area contributed by atoms with Crippen LogP contribution in [0, 0.1) is 13.8 Å². The molecule has 0 aliphatic heterocycles. The van der Waals surface area contributed by atoms with Gasteiger partial charge in [0.05, 0.1) is 24.1 Å². The van der Waals surface area contributed by atoms with Gasteiger partial charge in [0, 0.05) is 6.54 Å². The van der Waals surface area contributed by atoms with Crippen LogP contribution >= 0.6 is 11.3 Å². The van der Waals surface area contributed by atoms with Crippen molar-refractivity contribution in [1.29, 1.82) is 0 Å². The average Bonchev–Trinajstić information content (AvgIpc) is 3.25. The van der Waals surface area contributed by atoms with Crippen LogP contribution in [0.2, 0.25) is 0 Å². The summed E-state index contributed by atoms with van der Waals surface area (Å²) in [6, 6.07) is 9.96. The van der Waals surface area contributed by atoms with E-state index in [0.29, 0.717) is 23.9 Å². The first-order valence-corrected chi connectivity index (χ1v) is 9.35. The molecule has 0 aliphatic carbocycles. The van der Waals surface area contributed by atoms with Crippen LogP contribution in [-0.2, 0) is 17.6 Å². The van der Waals surface area contributed by atoms with E-state index in [1.54, 1.807) is 18.4 Å². The van der Waals surface area contributed by atoms with E-state index in [1.165, 1.54) is 5.56 Å². The molecule has 5 nitrogen and oxygen atoms in total. The molecule has 0 atom stereocenters. The molecule has 3 aromatic rings. The molecular weight excluding hydrogens is 348 g/mol. The number of carbonyl (C=O) groups excluding carboxylic acids is 1. The molecule has 0 bridgehead atoms. The molecule has 0 saturated heterocycles. The molecule has 1 amide bonds. The van der Waals surface area contributed by atoms with Crippen molar-refractivity contribution >= 4 is 17.2 Å². The van der Waals surface area contributed by atoms with Crippen LogP contribution in [0.25, 0.3) is 10.8 Å². The fraction of sp³-hybridized carbons (Fsp3) is 0.300. The van der Waals surface area contributed by atoms with Crippen molar-refractivity contribution in [2.75, 3.05) is 13.7 Å². The van der Waals surface area contributed by atoms with E-state index < -0.39 is 0 Å². The smallest absolute Gasteiger partial charge is 0.236 e. The third-order valence-corrected chi connectivity index (χ3v) is 4.96. The van der Waals surface area contributed by atoms with E-state index in [9.17, 15) is 4.79 Å². The Balaban J connectivity index is 1.56. The van der Waals surface area contributed by atoms with Crippen LogP contribution in [0.15, 0.2) is 40.1 Å². The second-order valence-electron chi connectivity index (χ2n) is 6.09. The fourth-order valence-electron chi connectivity index (χ4n) is 2.75. The van der Waals surface area contributed by atoms with E-state index in [0.717, 1.165) is 22.6 Å². The van der Waals surface area contributed by atoms with E-state index in [4.69, 9.17) is 9.15 Å². The number of rotatable bonds is 7. The SMILES string of the molecule is COc1ccc(C)cc1CCNC(=O)Cc1nc(-c2cccs2)oc1C. The Hall–Kier alpha value is -2.60. The van der Waals surface area contributed by atoms with Crippen molar-refractivity contribution in [3.63, 3.8) is 0 Å². The number of benzene rings is 1. The van der Waals surface area contributed by atoms with Crippen LogP contribution in [0.4, 0.5) is 0 Å². The number of aromatic nitrogens is 1. The zero-order valence-corrected chi connectivity index (χ0v) is 16.0. The number of amides is 1. The maximum atomic E-state index is 12.3. The van der Waals surface area contributed by atoms with Gasteiger partial charge in [-0.15, -0.1) is 11.3 Å². The number of nitrogens with zero attached hydrogens (tertiary/aromatic N) is 1. The van der Waals surface area contributed by atoms with Crippen molar-refractivity contribution < 1.29 is 13.9 Å². The van der Waals surface area contributed by atoms with E-state index in [-0.39, 0.29) is 12.3 Å². The largest absolute Gasteiger partial charge is 0.496 e. The third kappa shape index (κ3) is 4.32. The first-order valence-electron chi connectivity index (χ1n) is 8.47. The van der Waals surface area contributed by atoms with Crippen LogP contribution < -0.4 is 10.1 Å². The van der Waals surface area contributed by atoms with Crippen LogP contribution in [0.3, 0.4) is 0 Å². The lowest BCUT2D eigenvalue weighted by Crippen LogP contribution is -2.27. The number of thiophene rings is 1. The predicted molar refractivity (Wildman–Crippen MR) is 103 cm³/mol. The lowest BCUT2D eigenvalue weighted by atomic mass is 10.1. The summed E-state index contributed by atoms with van der Waals surface area (Å²) in [6.07, 6.45) is 0.931. The Bertz CT molecular complexity index is 885. The van der Waals surface area contributed by atoms with E-state index >= 15 is 0 Å². The van der Waals surface area contributed by atoms with Crippen LogP contribution in [0.5, 0.6) is 5.75 Å². The molecule has 0 aliphatic rings. The molecule has 0 fully saturated rings. The Labute approximate surface area is 157 Å². The summed E-state index contributed by atoms with van der Waals surface area (Å²) in [4.78, 5) is 17.7. The summed E-state index contributed by atoms with van der Waals surface area (Å²) in [5.74, 6) is 2.04. The summed E-state index contributed by atoms with van der Waals surface area (Å²) >= 11 is 1.56. The van der Waals surface area contributed by atoms with Crippen molar-refractivity contribution in [1.82, 2.24) is 10.3 Å². The average molecular weight is 370 g/mol. The third-order valence-electron chi connectivity index (χ3n) is 4.11. The fourth-order valence-corrected chi connectivity index (χ4v) is 3.40. The van der Waals surface area contributed by atoms with Gasteiger partial charge in [0.1, 0.15) is 11.5 Å². The molecule has 1 aromatic carbocycles. The summed E-state index contributed by atoms with van der Waals surface area (Å²) in [6.45, 7) is 4.43. The monoisotopic (exact) mass is 370 g/mol. The van der Waals surface area contributed by atoms with Gasteiger partial charge < -0.3 is 14.5 Å². The maximum absolute atomic E-state index is 12.3. The molecule has 2 aromatic heterocycles. The minimum absolute atomic E-state index is 0.0641. The molecule has 0 radical (unpaired) electrons. The van der Waals surface area contributed by atoms with Gasteiger partial charge in [0.2, 0.25) is 11.8 Å². The van der Waals surface area contributed by atoms with Gasteiger partial charge in [0.15, 0.2) is 0 Å². The van der Waals surface area contributed by atoms with E-state index in [2.05, 4.69) is 16.4 Å². The Morgan fingerprint density at radius 3 is 2.88 bits per heavy atom. The standard InChI is InChI=1S/C20H22N2O3S/c1-13-6-7-17(24-3)15(11-13)8-9-21-19(23)12-16-14(2)25-20(22-16)18-5-4-10-26-18/h4-7,10-11H,8-9,12H2,1-3H3,(H,21,23). The zero-order valence-electron chi connectivity index (χ0n) is 15.2. The van der Waals surface area contributed by atoms with Crippen LogP contribution in [0.1, 0.15) is 22.6 Å². The highest BCUT2D eigenvalue weighted by atomic mass is 32.1. The molecule has 26 heavy (non-hydrogen) atoms. The number of carbonyl (C=O) groups is 1. The van der Waals surface area contributed by atoms with Crippen LogP contribution in [-0.4, -0.2) is 24.5 Å². The van der Waals surface area contributed by atoms with Gasteiger partial charge in [-0.25, -0.2) is 4.98 Å². The topological polar surface area (TPSA) is 64.4 Å². The van der Waals surface area contributed by atoms with Crippen molar-refractivity contribution in [2.45, 2.75) is 26.7 Å². The quantitative estimate of drug-likeness (QED) is 0.684. The number of hydrogen-bond acceptors (Lipinski definition) is 5. The number of nitrogens with one attached hydrogen (secondary N) is 1. The Morgan fingerprint density at radius 2 is 2.15 bits per heavy atom. The number of hydrogen-bond donors (Lipinski definition) is 1. The second-order valence-corrected chi connectivity index (χ2v) is 7.04. The summed E-state index contributed by atoms with van der Waals surface area (Å²) in [7, 11) is 1.66. The minimum Gasteiger partial charge on any atom is -0.496 e. The minimum atomic E-state index is -0.0641. The normalized spacial score (nSPS) is 10.7. The molecule has 0 saturated carbocycles. The summed E-state index contributed by atoms with van der Waals surface area (Å²) in [5, 5.41) is 4.92. The highest BCUT2D eigenvalue weighted by Gasteiger charge is 2.15. The Kier molecular flexibility index (Phi) is 5.73. The molecule has 6 heteroatoms. The van der Waals surface area contributed by atoms with Gasteiger partial charge in [-0.3, -0.25) is 4.79 Å². The maximum Gasteiger partial charge on any atom is 0.236 e. The number of ether oxygens (including phenoxy) is 1. The van der Waals surface area contributed by atoms with Gasteiger partial charge >= 0.3 is 0 Å². The van der Waals surface area contributed by atoms with Crippen molar-refractivity contribution in [3.05, 3.63) is 58.3 Å². The molecule has 3 rings (SSSR count). The number of methoxy groups -OCH3 is 1. The lowest BCUT2D eigenvalue weighted by Gasteiger charge is -2.10. The molecule has 0 unspecified atom stereocenters. The Morgan fingerprint density at radius 1 is 1.31 bits per heavy atom. The molecule has 136 valence electrons. The van der Waals surface area contributed by atoms with Crippen molar-refractivity contribution in [3.8, 4) is 16.5 Å². The van der Waals surface area contributed by atoms with Gasteiger partial charge in [-0.1, -0.05) is 23.8 Å².